The van der Waals surface area contributed by atoms with Crippen LogP contribution in [0.4, 0.5) is 0 Å². The number of nitrogens with one attached hydrogen (secondary N) is 1. The van der Waals surface area contributed by atoms with E-state index in [1.54, 1.807) is 0 Å². The number of unbranched alkanes of at least 4 members (excludes halogenated alkanes) is 9. The first-order valence-corrected chi connectivity index (χ1v) is 14.8. The van der Waals surface area contributed by atoms with Gasteiger partial charge in [0.25, 0.3) is 0 Å². The highest BCUT2D eigenvalue weighted by molar-refractivity contribution is 7.92. The minimum Gasteiger partial charge on any atom is -0.456 e. The fraction of sp³-hybridized carbons (Fsp3) is 0.840. The number of esters is 3. The van der Waals surface area contributed by atoms with E-state index >= 15 is 0 Å². The third-order valence-corrected chi connectivity index (χ3v) is 7.62. The van der Waals surface area contributed by atoms with Crippen molar-refractivity contribution in [2.75, 3.05) is 18.9 Å². The highest BCUT2D eigenvalue weighted by atomic mass is 32.2. The second kappa shape index (κ2) is 17.3. The van der Waals surface area contributed by atoms with Gasteiger partial charge in [0.05, 0.1) is 6.61 Å². The topological polar surface area (TPSA) is 151 Å². The quantitative estimate of drug-likeness (QED) is 0.163. The van der Waals surface area contributed by atoms with Crippen LogP contribution in [0.1, 0.15) is 91.9 Å². The molecule has 0 spiro atoms. The molecule has 1 aliphatic rings. The maximum Gasteiger partial charge on any atom is 0.303 e. The molecule has 1 amide bonds. The Kier molecular flexibility index (Phi) is 15.4. The van der Waals surface area contributed by atoms with E-state index in [1.165, 1.54) is 38.5 Å². The number of hydrogen-bond donors (Lipinski definition) is 1. The van der Waals surface area contributed by atoms with E-state index in [2.05, 4.69) is 12.2 Å². The summed E-state index contributed by atoms with van der Waals surface area (Å²) in [5.41, 5.74) is -1.78. The summed E-state index contributed by atoms with van der Waals surface area (Å²) in [7, 11) is -4.31. The Morgan fingerprint density at radius 2 is 1.24 bits per heavy atom. The second-order valence-corrected chi connectivity index (χ2v) is 11.4. The van der Waals surface area contributed by atoms with Gasteiger partial charge in [-0.15, -0.1) is 0 Å². The van der Waals surface area contributed by atoms with Crippen LogP contribution in [0.3, 0.4) is 0 Å². The molecule has 0 aliphatic carbocycles. The molecular weight excluding hydrogens is 506 g/mol. The molecular formula is C25H43NO10S. The first kappa shape index (κ1) is 32.8. The summed E-state index contributed by atoms with van der Waals surface area (Å²) in [4.78, 5) is 47.1. The highest BCUT2D eigenvalue weighted by Crippen LogP contribution is 2.28. The van der Waals surface area contributed by atoms with Gasteiger partial charge in [0.2, 0.25) is 5.91 Å². The predicted molar refractivity (Wildman–Crippen MR) is 135 cm³/mol. The molecule has 0 saturated carbocycles. The zero-order valence-corrected chi connectivity index (χ0v) is 23.3. The number of amides is 1. The van der Waals surface area contributed by atoms with Gasteiger partial charge in [0.1, 0.15) is 5.75 Å². The van der Waals surface area contributed by atoms with Gasteiger partial charge in [0, 0.05) is 27.3 Å². The summed E-state index contributed by atoms with van der Waals surface area (Å²) < 4.78 is 46.8. The number of hydrogen-bond acceptors (Lipinski definition) is 10. The lowest BCUT2D eigenvalue weighted by Gasteiger charge is -2.39. The fourth-order valence-corrected chi connectivity index (χ4v) is 5.71. The van der Waals surface area contributed by atoms with Crippen LogP contribution in [-0.2, 0) is 48.0 Å². The lowest BCUT2D eigenvalue weighted by Crippen LogP contribution is -2.60. The van der Waals surface area contributed by atoms with Crippen LogP contribution < -0.4 is 5.32 Å². The third-order valence-electron chi connectivity index (χ3n) is 5.84. The van der Waals surface area contributed by atoms with Crippen LogP contribution >= 0.6 is 0 Å². The summed E-state index contributed by atoms with van der Waals surface area (Å²) in [6.45, 7) is 5.35. The van der Waals surface area contributed by atoms with E-state index in [-0.39, 0.29) is 0 Å². The van der Waals surface area contributed by atoms with Crippen molar-refractivity contribution in [3.8, 4) is 0 Å². The van der Waals surface area contributed by atoms with Gasteiger partial charge in [-0.1, -0.05) is 64.7 Å². The monoisotopic (exact) mass is 549 g/mol. The van der Waals surface area contributed by atoms with Crippen LogP contribution in [0.5, 0.6) is 0 Å². The highest BCUT2D eigenvalue weighted by Gasteiger charge is 2.52. The van der Waals surface area contributed by atoms with Crippen LogP contribution in [0.2, 0.25) is 0 Å². The van der Waals surface area contributed by atoms with Gasteiger partial charge in [-0.2, -0.15) is 0 Å². The van der Waals surface area contributed by atoms with Crippen LogP contribution in [0.25, 0.3) is 0 Å². The third kappa shape index (κ3) is 13.2. The van der Waals surface area contributed by atoms with Crippen molar-refractivity contribution in [3.05, 3.63) is 0 Å². The molecule has 37 heavy (non-hydrogen) atoms. The van der Waals surface area contributed by atoms with Crippen molar-refractivity contribution in [2.24, 2.45) is 0 Å². The molecule has 1 rings (SSSR count). The van der Waals surface area contributed by atoms with E-state index in [4.69, 9.17) is 18.9 Å². The number of carbonyl (C=O) groups is 4. The first-order valence-electron chi connectivity index (χ1n) is 13.1. The summed E-state index contributed by atoms with van der Waals surface area (Å²) >= 11 is 0. The van der Waals surface area contributed by atoms with Gasteiger partial charge in [0.15, 0.2) is 33.6 Å². The van der Waals surface area contributed by atoms with E-state index in [1.807, 2.05) is 0 Å². The lowest BCUT2D eigenvalue weighted by molar-refractivity contribution is -0.214. The van der Waals surface area contributed by atoms with Crippen molar-refractivity contribution in [2.45, 2.75) is 116 Å². The van der Waals surface area contributed by atoms with Gasteiger partial charge >= 0.3 is 17.9 Å². The molecule has 214 valence electrons. The molecule has 1 N–H and O–H groups in total. The molecule has 0 aromatic carbocycles. The van der Waals surface area contributed by atoms with Crippen molar-refractivity contribution in [1.29, 1.82) is 0 Å². The number of carbonyl (C=O) groups excluding carboxylic acids is 4. The lowest BCUT2D eigenvalue weighted by atomic mass is 10.1. The van der Waals surface area contributed by atoms with E-state index in [0.717, 1.165) is 46.5 Å². The van der Waals surface area contributed by atoms with Gasteiger partial charge in [-0.05, 0) is 6.42 Å². The molecule has 0 bridgehead atoms. The summed E-state index contributed by atoms with van der Waals surface area (Å²) in [5, 5.41) is 2.60. The molecule has 12 heteroatoms. The fourth-order valence-electron chi connectivity index (χ4n) is 4.17. The Bertz CT molecular complexity index is 844. The standard InChI is InChI=1S/C25H43NO10S/c1-5-6-7-8-9-10-11-12-13-14-15-26-22(30)17-37(31,32)25-24(36-20(4)29)23(35-19(3)28)21(16-33-25)34-18(2)27/h21,23-25H,5-17H2,1-4H3,(H,26,30)/t21-,23-,24+,25+/m1/s1. The minimum absolute atomic E-state index is 0.342. The van der Waals surface area contributed by atoms with Gasteiger partial charge < -0.3 is 24.3 Å². The predicted octanol–water partition coefficient (Wildman–Crippen LogP) is 2.59. The first-order chi connectivity index (χ1) is 17.5. The van der Waals surface area contributed by atoms with Crippen molar-refractivity contribution >= 4 is 33.7 Å². The molecule has 0 aromatic rings. The van der Waals surface area contributed by atoms with E-state index in [0.29, 0.717) is 6.54 Å². The summed E-state index contributed by atoms with van der Waals surface area (Å²) in [5.74, 6) is -4.00. The van der Waals surface area contributed by atoms with E-state index in [9.17, 15) is 27.6 Å². The molecule has 1 heterocycles. The molecule has 0 aromatic heterocycles. The van der Waals surface area contributed by atoms with Crippen LogP contribution in [-0.4, -0.2) is 74.9 Å². The zero-order chi connectivity index (χ0) is 27.8. The van der Waals surface area contributed by atoms with Crippen molar-refractivity contribution in [3.63, 3.8) is 0 Å². The second-order valence-electron chi connectivity index (χ2n) is 9.34. The molecule has 0 unspecified atom stereocenters. The summed E-state index contributed by atoms with van der Waals surface area (Å²) in [6.07, 6.45) is 7.15. The van der Waals surface area contributed by atoms with Crippen molar-refractivity contribution < 1.29 is 46.5 Å². The maximum atomic E-state index is 13.0. The average Bonchev–Trinajstić information content (AvgIpc) is 2.78. The number of sulfone groups is 1. The smallest absolute Gasteiger partial charge is 0.303 e. The molecule has 11 nitrogen and oxygen atoms in total. The SMILES string of the molecule is CCCCCCCCCCCCNC(=O)CS(=O)(=O)[C@@H]1OC[C@@H](OC(C)=O)[C@@H](OC(C)=O)[C@@H]1OC(C)=O. The van der Waals surface area contributed by atoms with E-state index < -0.39 is 69.8 Å². The molecule has 1 aliphatic heterocycles. The normalized spacial score (nSPS) is 21.6. The number of ether oxygens (including phenoxy) is 4. The molecule has 4 atom stereocenters. The van der Waals surface area contributed by atoms with Crippen LogP contribution in [0, 0.1) is 0 Å². The van der Waals surface area contributed by atoms with Crippen LogP contribution in [0.15, 0.2) is 0 Å². The van der Waals surface area contributed by atoms with Gasteiger partial charge in [-0.3, -0.25) is 19.2 Å². The summed E-state index contributed by atoms with van der Waals surface area (Å²) in [6, 6.07) is 0. The zero-order valence-electron chi connectivity index (χ0n) is 22.5. The molecule has 0 radical (unpaired) electrons. The Morgan fingerprint density at radius 1 is 0.757 bits per heavy atom. The Hall–Kier alpha value is -2.21. The Balaban J connectivity index is 2.62. The van der Waals surface area contributed by atoms with Gasteiger partial charge in [-0.25, -0.2) is 8.42 Å². The molecule has 1 fully saturated rings. The number of rotatable bonds is 17. The largest absolute Gasteiger partial charge is 0.456 e. The minimum atomic E-state index is -4.31. The Labute approximate surface area is 220 Å². The van der Waals surface area contributed by atoms with Crippen molar-refractivity contribution in [1.82, 2.24) is 5.32 Å². The maximum absolute atomic E-state index is 13.0. The average molecular weight is 550 g/mol. The molecule has 1 saturated heterocycles. The Morgan fingerprint density at radius 3 is 1.76 bits per heavy atom.